The van der Waals surface area contributed by atoms with Crippen molar-refractivity contribution in [3.8, 4) is 5.75 Å². The molecular weight excluding hydrogens is 240 g/mol. The van der Waals surface area contributed by atoms with E-state index < -0.39 is 0 Å². The van der Waals surface area contributed by atoms with Crippen LogP contribution in [0.25, 0.3) is 0 Å². The Morgan fingerprint density at radius 1 is 1.32 bits per heavy atom. The number of nitrogens with one attached hydrogen (secondary N) is 1. The minimum Gasteiger partial charge on any atom is -0.491 e. The summed E-state index contributed by atoms with van der Waals surface area (Å²) in [5, 5.41) is 2.86. The van der Waals surface area contributed by atoms with Gasteiger partial charge in [-0.3, -0.25) is 4.79 Å². The van der Waals surface area contributed by atoms with Crippen molar-refractivity contribution in [2.45, 2.75) is 40.2 Å². The molecule has 0 atom stereocenters. The van der Waals surface area contributed by atoms with Gasteiger partial charge < -0.3 is 15.8 Å². The standard InChI is InChI=1S/C15H24N2O2/c1-11(2)19-13-7-5-12(6-8-13)17-14(18)9-15(3,4)10-16/h5-8,11H,9-10,16H2,1-4H3,(H,17,18). The number of hydrogen-bond donors (Lipinski definition) is 2. The number of anilines is 1. The molecule has 0 saturated carbocycles. The number of carbonyl (C=O) groups is 1. The Hall–Kier alpha value is -1.55. The lowest BCUT2D eigenvalue weighted by atomic mass is 9.89. The van der Waals surface area contributed by atoms with Crippen LogP contribution in [0, 0.1) is 5.41 Å². The van der Waals surface area contributed by atoms with Crippen LogP contribution in [0.2, 0.25) is 0 Å². The summed E-state index contributed by atoms with van der Waals surface area (Å²) in [6.07, 6.45) is 0.555. The molecule has 0 aromatic heterocycles. The van der Waals surface area contributed by atoms with Crippen LogP contribution in [0.1, 0.15) is 34.1 Å². The molecule has 3 N–H and O–H groups in total. The predicted molar refractivity (Wildman–Crippen MR) is 78.3 cm³/mol. The van der Waals surface area contributed by atoms with Gasteiger partial charge in [0, 0.05) is 12.1 Å². The van der Waals surface area contributed by atoms with Crippen molar-refractivity contribution in [2.75, 3.05) is 11.9 Å². The number of rotatable bonds is 6. The highest BCUT2D eigenvalue weighted by Gasteiger charge is 2.20. The molecule has 0 unspecified atom stereocenters. The third kappa shape index (κ3) is 5.75. The van der Waals surface area contributed by atoms with E-state index in [2.05, 4.69) is 5.32 Å². The Morgan fingerprint density at radius 3 is 2.37 bits per heavy atom. The van der Waals surface area contributed by atoms with Gasteiger partial charge in [0.2, 0.25) is 5.91 Å². The second kappa shape index (κ2) is 6.57. The Kier molecular flexibility index (Phi) is 5.36. The molecule has 1 rings (SSSR count). The van der Waals surface area contributed by atoms with E-state index in [1.807, 2.05) is 52.0 Å². The van der Waals surface area contributed by atoms with Crippen LogP contribution in [-0.4, -0.2) is 18.6 Å². The van der Waals surface area contributed by atoms with Crippen molar-refractivity contribution in [1.82, 2.24) is 0 Å². The largest absolute Gasteiger partial charge is 0.491 e. The first-order valence-corrected chi connectivity index (χ1v) is 6.59. The summed E-state index contributed by atoms with van der Waals surface area (Å²) in [4.78, 5) is 11.9. The van der Waals surface area contributed by atoms with E-state index in [9.17, 15) is 4.79 Å². The molecule has 4 nitrogen and oxygen atoms in total. The molecule has 106 valence electrons. The van der Waals surface area contributed by atoms with Crippen LogP contribution >= 0.6 is 0 Å². The quantitative estimate of drug-likeness (QED) is 0.830. The number of benzene rings is 1. The van der Waals surface area contributed by atoms with Crippen molar-refractivity contribution < 1.29 is 9.53 Å². The van der Waals surface area contributed by atoms with Gasteiger partial charge in [-0.2, -0.15) is 0 Å². The first kappa shape index (κ1) is 15.5. The molecule has 4 heteroatoms. The van der Waals surface area contributed by atoms with Crippen LogP contribution < -0.4 is 15.8 Å². The SMILES string of the molecule is CC(C)Oc1ccc(NC(=O)CC(C)(C)CN)cc1. The molecule has 1 amide bonds. The van der Waals surface area contributed by atoms with Crippen molar-refractivity contribution in [1.29, 1.82) is 0 Å². The van der Waals surface area contributed by atoms with Gasteiger partial charge in [0.1, 0.15) is 5.75 Å². The van der Waals surface area contributed by atoms with Gasteiger partial charge in [0.05, 0.1) is 6.10 Å². The van der Waals surface area contributed by atoms with Crippen molar-refractivity contribution >= 4 is 11.6 Å². The van der Waals surface area contributed by atoms with Crippen LogP contribution in [0.15, 0.2) is 24.3 Å². The van der Waals surface area contributed by atoms with Crippen LogP contribution in [0.3, 0.4) is 0 Å². The molecule has 0 bridgehead atoms. The molecule has 0 aliphatic carbocycles. The number of carbonyl (C=O) groups excluding carboxylic acids is 1. The Bertz CT molecular complexity index is 411. The fourth-order valence-corrected chi connectivity index (χ4v) is 1.60. The zero-order valence-electron chi connectivity index (χ0n) is 12.2. The van der Waals surface area contributed by atoms with E-state index in [1.54, 1.807) is 0 Å². The van der Waals surface area contributed by atoms with Crippen LogP contribution in [-0.2, 0) is 4.79 Å². The van der Waals surface area contributed by atoms with Gasteiger partial charge in [-0.25, -0.2) is 0 Å². The van der Waals surface area contributed by atoms with E-state index in [0.29, 0.717) is 13.0 Å². The van der Waals surface area contributed by atoms with Gasteiger partial charge in [0.25, 0.3) is 0 Å². The van der Waals surface area contributed by atoms with Crippen LogP contribution in [0.5, 0.6) is 5.75 Å². The summed E-state index contributed by atoms with van der Waals surface area (Å²) >= 11 is 0. The second-order valence-electron chi connectivity index (χ2n) is 5.78. The normalized spacial score (nSPS) is 11.5. The molecule has 0 fully saturated rings. The number of hydrogen-bond acceptors (Lipinski definition) is 3. The summed E-state index contributed by atoms with van der Waals surface area (Å²) in [7, 11) is 0. The summed E-state index contributed by atoms with van der Waals surface area (Å²) in [5.41, 5.74) is 6.21. The fraction of sp³-hybridized carbons (Fsp3) is 0.533. The highest BCUT2D eigenvalue weighted by molar-refractivity contribution is 5.91. The van der Waals surface area contributed by atoms with E-state index in [0.717, 1.165) is 11.4 Å². The maximum absolute atomic E-state index is 11.9. The highest BCUT2D eigenvalue weighted by atomic mass is 16.5. The monoisotopic (exact) mass is 264 g/mol. The maximum Gasteiger partial charge on any atom is 0.224 e. The third-order valence-electron chi connectivity index (χ3n) is 2.70. The molecule has 19 heavy (non-hydrogen) atoms. The lowest BCUT2D eigenvalue weighted by Crippen LogP contribution is -2.29. The summed E-state index contributed by atoms with van der Waals surface area (Å²) in [6.45, 7) is 8.40. The highest BCUT2D eigenvalue weighted by Crippen LogP contribution is 2.21. The van der Waals surface area contributed by atoms with E-state index in [4.69, 9.17) is 10.5 Å². The lowest BCUT2D eigenvalue weighted by molar-refractivity contribution is -0.117. The van der Waals surface area contributed by atoms with E-state index in [-0.39, 0.29) is 17.4 Å². The summed E-state index contributed by atoms with van der Waals surface area (Å²) in [5.74, 6) is 0.781. The molecule has 0 spiro atoms. The topological polar surface area (TPSA) is 64.3 Å². The molecule has 0 aliphatic heterocycles. The minimum absolute atomic E-state index is 0.0204. The summed E-state index contributed by atoms with van der Waals surface area (Å²) < 4.78 is 5.54. The average molecular weight is 264 g/mol. The third-order valence-corrected chi connectivity index (χ3v) is 2.70. The zero-order valence-corrected chi connectivity index (χ0v) is 12.2. The smallest absolute Gasteiger partial charge is 0.224 e. The first-order chi connectivity index (χ1) is 8.82. The second-order valence-corrected chi connectivity index (χ2v) is 5.78. The lowest BCUT2D eigenvalue weighted by Gasteiger charge is -2.21. The van der Waals surface area contributed by atoms with Gasteiger partial charge in [0.15, 0.2) is 0 Å². The van der Waals surface area contributed by atoms with Crippen molar-refractivity contribution in [3.05, 3.63) is 24.3 Å². The molecule has 1 aromatic rings. The zero-order chi connectivity index (χ0) is 14.5. The number of nitrogens with two attached hydrogens (primary N) is 1. The average Bonchev–Trinajstić information content (AvgIpc) is 2.30. The van der Waals surface area contributed by atoms with Crippen molar-refractivity contribution in [3.63, 3.8) is 0 Å². The molecule has 0 radical (unpaired) electrons. The van der Waals surface area contributed by atoms with E-state index >= 15 is 0 Å². The first-order valence-electron chi connectivity index (χ1n) is 6.59. The number of ether oxygens (including phenoxy) is 1. The Balaban J connectivity index is 2.56. The van der Waals surface area contributed by atoms with Crippen LogP contribution in [0.4, 0.5) is 5.69 Å². The Morgan fingerprint density at radius 2 is 1.89 bits per heavy atom. The molecule has 0 aliphatic rings. The Labute approximate surface area is 115 Å². The van der Waals surface area contributed by atoms with E-state index in [1.165, 1.54) is 0 Å². The van der Waals surface area contributed by atoms with Gasteiger partial charge >= 0.3 is 0 Å². The minimum atomic E-state index is -0.176. The van der Waals surface area contributed by atoms with Gasteiger partial charge in [-0.1, -0.05) is 13.8 Å². The van der Waals surface area contributed by atoms with Gasteiger partial charge in [-0.05, 0) is 50.1 Å². The molecular formula is C15H24N2O2. The molecule has 0 heterocycles. The number of amides is 1. The predicted octanol–water partition coefficient (Wildman–Crippen LogP) is 2.79. The molecule has 0 saturated heterocycles. The van der Waals surface area contributed by atoms with Crippen molar-refractivity contribution in [2.24, 2.45) is 11.1 Å². The fourth-order valence-electron chi connectivity index (χ4n) is 1.60. The molecule has 1 aromatic carbocycles. The van der Waals surface area contributed by atoms with Gasteiger partial charge in [-0.15, -0.1) is 0 Å². The maximum atomic E-state index is 11.9. The summed E-state index contributed by atoms with van der Waals surface area (Å²) in [6, 6.07) is 7.38.